The van der Waals surface area contributed by atoms with Gasteiger partial charge in [-0.1, -0.05) is 48.1 Å². The second kappa shape index (κ2) is 6.04. The summed E-state index contributed by atoms with van der Waals surface area (Å²) < 4.78 is 6.13. The smallest absolute Gasteiger partial charge is 0.124 e. The molecule has 0 fully saturated rings. The van der Waals surface area contributed by atoms with Crippen LogP contribution in [0.2, 0.25) is 5.02 Å². The maximum Gasteiger partial charge on any atom is 0.124 e. The minimum atomic E-state index is 0.0849. The van der Waals surface area contributed by atoms with E-state index in [2.05, 4.69) is 24.3 Å². The molecule has 3 rings (SSSR count). The van der Waals surface area contributed by atoms with Crippen molar-refractivity contribution in [1.29, 1.82) is 0 Å². The van der Waals surface area contributed by atoms with E-state index in [0.29, 0.717) is 15.6 Å². The van der Waals surface area contributed by atoms with Crippen LogP contribution in [-0.4, -0.2) is 4.99 Å². The average Bonchev–Trinajstić information content (AvgIpc) is 2.47. The van der Waals surface area contributed by atoms with Gasteiger partial charge in [-0.3, -0.25) is 0 Å². The molecular formula is C17H16ClNOS. The van der Waals surface area contributed by atoms with Crippen molar-refractivity contribution < 1.29 is 4.74 Å². The van der Waals surface area contributed by atoms with E-state index in [1.54, 1.807) is 6.07 Å². The van der Waals surface area contributed by atoms with Gasteiger partial charge in [0.1, 0.15) is 16.8 Å². The predicted octanol–water partition coefficient (Wildman–Crippen LogP) is 4.43. The molecule has 1 aliphatic carbocycles. The molecule has 2 nitrogen and oxygen atoms in total. The van der Waals surface area contributed by atoms with Gasteiger partial charge in [-0.2, -0.15) is 0 Å². The summed E-state index contributed by atoms with van der Waals surface area (Å²) >= 11 is 11.2. The van der Waals surface area contributed by atoms with Crippen molar-refractivity contribution >= 4 is 28.8 Å². The molecule has 108 valence electrons. The number of hydrogen-bond donors (Lipinski definition) is 1. The maximum atomic E-state index is 6.19. The minimum absolute atomic E-state index is 0.0849. The van der Waals surface area contributed by atoms with Gasteiger partial charge in [0.25, 0.3) is 0 Å². The number of nitrogens with two attached hydrogens (primary N) is 1. The summed E-state index contributed by atoms with van der Waals surface area (Å²) in [4.78, 5) is 0.301. The first-order valence-electron chi connectivity index (χ1n) is 6.99. The zero-order valence-electron chi connectivity index (χ0n) is 11.5. The molecule has 1 aliphatic rings. The van der Waals surface area contributed by atoms with Crippen molar-refractivity contribution in [3.63, 3.8) is 0 Å². The van der Waals surface area contributed by atoms with E-state index < -0.39 is 0 Å². The van der Waals surface area contributed by atoms with Crippen LogP contribution in [0.1, 0.15) is 35.6 Å². The Balaban J connectivity index is 1.85. The third kappa shape index (κ3) is 3.04. The summed E-state index contributed by atoms with van der Waals surface area (Å²) in [5, 5.41) is 0.532. The van der Waals surface area contributed by atoms with Crippen molar-refractivity contribution in [2.75, 3.05) is 0 Å². The molecule has 1 unspecified atom stereocenters. The molecule has 0 aliphatic heterocycles. The summed E-state index contributed by atoms with van der Waals surface area (Å²) in [6, 6.07) is 13.9. The van der Waals surface area contributed by atoms with Crippen LogP contribution < -0.4 is 10.5 Å². The van der Waals surface area contributed by atoms with E-state index in [-0.39, 0.29) is 6.10 Å². The number of rotatable bonds is 3. The molecule has 4 heteroatoms. The van der Waals surface area contributed by atoms with Gasteiger partial charge in [0.05, 0.1) is 5.02 Å². The Morgan fingerprint density at radius 3 is 2.81 bits per heavy atom. The van der Waals surface area contributed by atoms with Crippen molar-refractivity contribution in [2.24, 2.45) is 5.73 Å². The van der Waals surface area contributed by atoms with Crippen LogP contribution in [0.25, 0.3) is 0 Å². The van der Waals surface area contributed by atoms with Crippen LogP contribution in [0.4, 0.5) is 0 Å². The van der Waals surface area contributed by atoms with Crippen molar-refractivity contribution in [2.45, 2.75) is 25.4 Å². The minimum Gasteiger partial charge on any atom is -0.486 e. The van der Waals surface area contributed by atoms with Gasteiger partial charge in [0.15, 0.2) is 0 Å². The highest BCUT2D eigenvalue weighted by atomic mass is 35.5. The summed E-state index contributed by atoms with van der Waals surface area (Å²) in [7, 11) is 0. The molecule has 0 amide bonds. The number of benzene rings is 2. The number of ether oxygens (including phenoxy) is 1. The Labute approximate surface area is 134 Å². The van der Waals surface area contributed by atoms with Crippen LogP contribution in [-0.2, 0) is 6.42 Å². The number of hydrogen-bond acceptors (Lipinski definition) is 2. The lowest BCUT2D eigenvalue weighted by Gasteiger charge is -2.26. The second-order valence-corrected chi connectivity index (χ2v) is 6.05. The largest absolute Gasteiger partial charge is 0.486 e. The Morgan fingerprint density at radius 1 is 1.24 bits per heavy atom. The fraction of sp³-hybridized carbons (Fsp3) is 0.235. The lowest BCUT2D eigenvalue weighted by molar-refractivity contribution is 0.183. The molecule has 2 aromatic rings. The van der Waals surface area contributed by atoms with Gasteiger partial charge in [-0.25, -0.2) is 0 Å². The number of halogens is 1. The lowest BCUT2D eigenvalue weighted by atomic mass is 9.89. The molecule has 2 N–H and O–H groups in total. The molecule has 21 heavy (non-hydrogen) atoms. The molecule has 0 radical (unpaired) electrons. The van der Waals surface area contributed by atoms with Crippen molar-refractivity contribution in [3.05, 3.63) is 64.2 Å². The predicted molar refractivity (Wildman–Crippen MR) is 90.1 cm³/mol. The van der Waals surface area contributed by atoms with Crippen molar-refractivity contribution in [1.82, 2.24) is 0 Å². The van der Waals surface area contributed by atoms with Crippen LogP contribution in [0.3, 0.4) is 0 Å². The van der Waals surface area contributed by atoms with Gasteiger partial charge in [0.2, 0.25) is 0 Å². The van der Waals surface area contributed by atoms with Crippen LogP contribution in [0, 0.1) is 0 Å². The van der Waals surface area contributed by atoms with E-state index in [9.17, 15) is 0 Å². The molecule has 0 heterocycles. The third-order valence-corrected chi connectivity index (χ3v) is 4.33. The fourth-order valence-corrected chi connectivity index (χ4v) is 3.27. The SMILES string of the molecule is NC(=S)c1ccc(OC2CCCc3ccccc32)cc1Cl. The maximum absolute atomic E-state index is 6.19. The van der Waals surface area contributed by atoms with Gasteiger partial charge >= 0.3 is 0 Å². The van der Waals surface area contributed by atoms with Crippen LogP contribution >= 0.6 is 23.8 Å². The molecule has 0 spiro atoms. The van der Waals surface area contributed by atoms with Crippen LogP contribution in [0.5, 0.6) is 5.75 Å². The normalized spacial score (nSPS) is 17.1. The molecule has 0 bridgehead atoms. The molecule has 1 atom stereocenters. The Hall–Kier alpha value is -1.58. The topological polar surface area (TPSA) is 35.2 Å². The Morgan fingerprint density at radius 2 is 2.05 bits per heavy atom. The Kier molecular flexibility index (Phi) is 4.13. The first-order valence-corrected chi connectivity index (χ1v) is 7.77. The number of thiocarbonyl (C=S) groups is 1. The zero-order valence-corrected chi connectivity index (χ0v) is 13.1. The quantitative estimate of drug-likeness (QED) is 0.850. The van der Waals surface area contributed by atoms with E-state index in [0.717, 1.165) is 25.0 Å². The molecule has 0 aromatic heterocycles. The van der Waals surface area contributed by atoms with Crippen molar-refractivity contribution in [3.8, 4) is 5.75 Å². The van der Waals surface area contributed by atoms with E-state index in [1.165, 1.54) is 11.1 Å². The highest BCUT2D eigenvalue weighted by Gasteiger charge is 2.21. The van der Waals surface area contributed by atoms with Gasteiger partial charge < -0.3 is 10.5 Å². The first-order chi connectivity index (χ1) is 10.1. The molecule has 0 saturated heterocycles. The molecule has 0 saturated carbocycles. The summed E-state index contributed by atoms with van der Waals surface area (Å²) in [5.41, 5.74) is 8.95. The summed E-state index contributed by atoms with van der Waals surface area (Å²) in [6.07, 6.45) is 3.37. The average molecular weight is 318 g/mol. The van der Waals surface area contributed by atoms with Gasteiger partial charge in [-0.05, 0) is 48.6 Å². The van der Waals surface area contributed by atoms with Gasteiger partial charge in [0, 0.05) is 5.56 Å². The molecule has 2 aromatic carbocycles. The number of aryl methyl sites for hydroxylation is 1. The monoisotopic (exact) mass is 317 g/mol. The van der Waals surface area contributed by atoms with Gasteiger partial charge in [-0.15, -0.1) is 0 Å². The zero-order chi connectivity index (χ0) is 14.8. The van der Waals surface area contributed by atoms with E-state index >= 15 is 0 Å². The van der Waals surface area contributed by atoms with E-state index in [4.69, 9.17) is 34.3 Å². The summed E-state index contributed by atoms with van der Waals surface area (Å²) in [6.45, 7) is 0. The first kappa shape index (κ1) is 14.4. The molecular weight excluding hydrogens is 302 g/mol. The van der Waals surface area contributed by atoms with Crippen LogP contribution in [0.15, 0.2) is 42.5 Å². The Bertz CT molecular complexity index is 686. The highest BCUT2D eigenvalue weighted by Crippen LogP contribution is 2.34. The summed E-state index contributed by atoms with van der Waals surface area (Å²) in [5.74, 6) is 0.752. The fourth-order valence-electron chi connectivity index (χ4n) is 2.77. The standard InChI is InChI=1S/C17H16ClNOS/c18-15-10-12(8-9-14(15)17(19)21)20-16-7-3-5-11-4-1-2-6-13(11)16/h1-2,4,6,8-10,16H,3,5,7H2,(H2,19,21). The second-order valence-electron chi connectivity index (χ2n) is 5.20. The highest BCUT2D eigenvalue weighted by molar-refractivity contribution is 7.80. The third-order valence-electron chi connectivity index (χ3n) is 3.80. The lowest BCUT2D eigenvalue weighted by Crippen LogP contribution is -2.15. The number of fused-ring (bicyclic) bond motifs is 1. The van der Waals surface area contributed by atoms with E-state index in [1.807, 2.05) is 12.1 Å².